The maximum atomic E-state index is 13.0. The van der Waals surface area contributed by atoms with Gasteiger partial charge in [0, 0.05) is 6.42 Å². The van der Waals surface area contributed by atoms with Gasteiger partial charge in [0.2, 0.25) is 0 Å². The summed E-state index contributed by atoms with van der Waals surface area (Å²) >= 11 is 0. The number of methoxy groups -OCH3 is 1. The van der Waals surface area contributed by atoms with E-state index in [2.05, 4.69) is 6.92 Å². The second kappa shape index (κ2) is 4.14. The normalized spacial score (nSPS) is 50.8. The topological polar surface area (TPSA) is 78.9 Å². The lowest BCUT2D eigenvalue weighted by Crippen LogP contribution is -2.67. The van der Waals surface area contributed by atoms with E-state index in [1.165, 1.54) is 7.11 Å². The summed E-state index contributed by atoms with van der Waals surface area (Å²) < 4.78 is 16.6. The van der Waals surface area contributed by atoms with Crippen molar-refractivity contribution in [3.8, 4) is 0 Å². The van der Waals surface area contributed by atoms with Crippen molar-refractivity contribution in [1.82, 2.24) is 0 Å². The van der Waals surface area contributed by atoms with Crippen molar-refractivity contribution < 1.29 is 28.6 Å². The van der Waals surface area contributed by atoms with Crippen molar-refractivity contribution >= 4 is 17.9 Å². The van der Waals surface area contributed by atoms with Gasteiger partial charge in [-0.05, 0) is 31.1 Å². The van der Waals surface area contributed by atoms with Gasteiger partial charge in [-0.25, -0.2) is 0 Å². The number of carbonyl (C=O) groups excluding carboxylic acids is 3. The lowest BCUT2D eigenvalue weighted by Gasteiger charge is -2.60. The van der Waals surface area contributed by atoms with E-state index in [1.54, 1.807) is 6.92 Å². The van der Waals surface area contributed by atoms with Crippen molar-refractivity contribution in [2.24, 2.45) is 34.0 Å². The van der Waals surface area contributed by atoms with Crippen LogP contribution in [0.25, 0.3) is 0 Å². The standard InChI is InChI=1S/C18H24O6/c1-9-6-7-17-11-10(12(19)22-5)16(4,15(17,2)3)14(21)24-18(17,8-9)23-13(11)20/h9-11H,6-8H2,1-5H3/t9-,10-,11+,16+,17-,18+/m1/s1. The average molecular weight is 336 g/mol. The summed E-state index contributed by atoms with van der Waals surface area (Å²) in [5.74, 6) is -3.93. The predicted molar refractivity (Wildman–Crippen MR) is 81.2 cm³/mol. The fourth-order valence-corrected chi connectivity index (χ4v) is 6.43. The Morgan fingerprint density at radius 1 is 1.21 bits per heavy atom. The van der Waals surface area contributed by atoms with Crippen LogP contribution in [0.1, 0.15) is 47.0 Å². The molecule has 1 spiro atoms. The summed E-state index contributed by atoms with van der Waals surface area (Å²) in [6, 6.07) is 0. The van der Waals surface area contributed by atoms with Gasteiger partial charge in [0.25, 0.3) is 5.79 Å². The van der Waals surface area contributed by atoms with Crippen LogP contribution in [0.4, 0.5) is 0 Å². The zero-order valence-electron chi connectivity index (χ0n) is 14.8. The number of fused-ring (bicyclic) bond motifs is 1. The fourth-order valence-electron chi connectivity index (χ4n) is 6.43. The molecule has 0 N–H and O–H groups in total. The van der Waals surface area contributed by atoms with Crippen LogP contribution in [-0.4, -0.2) is 30.8 Å². The molecule has 0 aromatic heterocycles. The summed E-state index contributed by atoms with van der Waals surface area (Å²) in [5, 5.41) is 0. The van der Waals surface area contributed by atoms with Crippen LogP contribution in [0.15, 0.2) is 0 Å². The van der Waals surface area contributed by atoms with E-state index in [0.717, 1.165) is 6.42 Å². The van der Waals surface area contributed by atoms with Crippen LogP contribution in [-0.2, 0) is 28.6 Å². The van der Waals surface area contributed by atoms with Crippen molar-refractivity contribution in [3.63, 3.8) is 0 Å². The van der Waals surface area contributed by atoms with Gasteiger partial charge in [0.1, 0.15) is 0 Å². The molecule has 4 rings (SSSR count). The van der Waals surface area contributed by atoms with Gasteiger partial charge >= 0.3 is 17.9 Å². The van der Waals surface area contributed by atoms with Crippen LogP contribution >= 0.6 is 0 Å². The second-order valence-electron chi connectivity index (χ2n) is 8.69. The molecule has 2 aliphatic heterocycles. The fraction of sp³-hybridized carbons (Fsp3) is 0.833. The monoisotopic (exact) mass is 336 g/mol. The van der Waals surface area contributed by atoms with E-state index in [-0.39, 0.29) is 5.92 Å². The molecule has 0 unspecified atom stereocenters. The highest BCUT2D eigenvalue weighted by Gasteiger charge is 2.90. The van der Waals surface area contributed by atoms with E-state index in [4.69, 9.17) is 14.2 Å². The van der Waals surface area contributed by atoms with Crippen molar-refractivity contribution in [2.45, 2.75) is 52.7 Å². The highest BCUT2D eigenvalue weighted by molar-refractivity contribution is 5.96. The van der Waals surface area contributed by atoms with Gasteiger partial charge in [-0.1, -0.05) is 20.8 Å². The van der Waals surface area contributed by atoms with E-state index >= 15 is 0 Å². The molecule has 0 radical (unpaired) electrons. The van der Waals surface area contributed by atoms with Gasteiger partial charge in [-0.15, -0.1) is 0 Å². The van der Waals surface area contributed by atoms with E-state index in [1.807, 2.05) is 13.8 Å². The molecular weight excluding hydrogens is 312 g/mol. The first-order valence-electron chi connectivity index (χ1n) is 8.63. The average Bonchev–Trinajstić information content (AvgIpc) is 2.80. The van der Waals surface area contributed by atoms with Crippen molar-refractivity contribution in [3.05, 3.63) is 0 Å². The van der Waals surface area contributed by atoms with Crippen LogP contribution in [0.2, 0.25) is 0 Å². The van der Waals surface area contributed by atoms with Crippen molar-refractivity contribution in [2.75, 3.05) is 7.11 Å². The lowest BCUT2D eigenvalue weighted by molar-refractivity contribution is -0.318. The summed E-state index contributed by atoms with van der Waals surface area (Å²) in [6.45, 7) is 7.79. The molecule has 0 aromatic carbocycles. The van der Waals surface area contributed by atoms with Gasteiger partial charge in [-0.3, -0.25) is 14.4 Å². The van der Waals surface area contributed by atoms with Gasteiger partial charge < -0.3 is 14.2 Å². The van der Waals surface area contributed by atoms with E-state index in [0.29, 0.717) is 12.8 Å². The zero-order chi connectivity index (χ0) is 17.7. The van der Waals surface area contributed by atoms with Crippen LogP contribution < -0.4 is 0 Å². The molecule has 4 fully saturated rings. The maximum absolute atomic E-state index is 13.0. The highest BCUT2D eigenvalue weighted by atomic mass is 16.7. The number of hydrogen-bond acceptors (Lipinski definition) is 6. The molecule has 6 heteroatoms. The zero-order valence-corrected chi connectivity index (χ0v) is 14.8. The van der Waals surface area contributed by atoms with Gasteiger partial charge in [0.05, 0.1) is 29.8 Å². The first-order valence-corrected chi connectivity index (χ1v) is 8.63. The molecule has 6 atom stereocenters. The Bertz CT molecular complexity index is 668. The summed E-state index contributed by atoms with van der Waals surface area (Å²) in [6.07, 6.45) is 2.11. The number of rotatable bonds is 1. The Morgan fingerprint density at radius 2 is 1.88 bits per heavy atom. The minimum absolute atomic E-state index is 0.285. The lowest BCUT2D eigenvalue weighted by atomic mass is 9.48. The molecule has 24 heavy (non-hydrogen) atoms. The molecule has 0 aromatic rings. The van der Waals surface area contributed by atoms with Gasteiger partial charge in [0.15, 0.2) is 0 Å². The molecule has 2 bridgehead atoms. The quantitative estimate of drug-likeness (QED) is 0.682. The second-order valence-corrected chi connectivity index (χ2v) is 8.69. The van der Waals surface area contributed by atoms with Crippen LogP contribution in [0, 0.1) is 34.0 Å². The molecule has 0 amide bonds. The molecule has 2 saturated heterocycles. The van der Waals surface area contributed by atoms with Gasteiger partial charge in [-0.2, -0.15) is 0 Å². The smallest absolute Gasteiger partial charge is 0.316 e. The Kier molecular flexibility index (Phi) is 2.74. The third-order valence-electron chi connectivity index (χ3n) is 7.88. The van der Waals surface area contributed by atoms with Crippen LogP contribution in [0.5, 0.6) is 0 Å². The number of ether oxygens (including phenoxy) is 3. The Morgan fingerprint density at radius 3 is 2.50 bits per heavy atom. The third-order valence-corrected chi connectivity index (χ3v) is 7.88. The Labute approximate surface area is 141 Å². The van der Waals surface area contributed by atoms with E-state index in [9.17, 15) is 14.4 Å². The minimum Gasteiger partial charge on any atom is -0.469 e. The molecular formula is C18H24O6. The van der Waals surface area contributed by atoms with Crippen molar-refractivity contribution in [1.29, 1.82) is 0 Å². The first kappa shape index (κ1) is 15.9. The summed E-state index contributed by atoms with van der Waals surface area (Å²) in [5.41, 5.74) is -2.40. The molecule has 2 saturated carbocycles. The summed E-state index contributed by atoms with van der Waals surface area (Å²) in [7, 11) is 1.29. The van der Waals surface area contributed by atoms with E-state index < -0.39 is 51.8 Å². The largest absolute Gasteiger partial charge is 0.469 e. The third kappa shape index (κ3) is 1.25. The number of hydrogen-bond donors (Lipinski definition) is 0. The highest BCUT2D eigenvalue weighted by Crippen LogP contribution is 2.81. The molecule has 132 valence electrons. The summed E-state index contributed by atoms with van der Waals surface area (Å²) in [4.78, 5) is 38.5. The Balaban J connectivity index is 2.04. The Hall–Kier alpha value is -1.59. The van der Waals surface area contributed by atoms with Crippen LogP contribution in [0.3, 0.4) is 0 Å². The maximum Gasteiger partial charge on any atom is 0.316 e. The molecule has 6 nitrogen and oxygen atoms in total. The molecule has 4 aliphatic rings. The number of carbonyl (C=O) groups is 3. The number of esters is 3. The molecule has 2 heterocycles. The SMILES string of the molecule is COC(=O)[C@H]1[C@H]2C(=O)O[C@]34C[C@H](C)CC[C@]23C(C)(C)[C@]1(C)C(=O)O4. The minimum atomic E-state index is -1.24. The first-order chi connectivity index (χ1) is 11.1. The predicted octanol–water partition coefficient (Wildman–Crippen LogP) is 2.05. The molecule has 2 aliphatic carbocycles.